The summed E-state index contributed by atoms with van der Waals surface area (Å²) in [7, 11) is 0. The largest absolute Gasteiger partial charge is 0.322 e. The predicted octanol–water partition coefficient (Wildman–Crippen LogP) is 4.51. The molecule has 0 saturated carbocycles. The van der Waals surface area contributed by atoms with Crippen LogP contribution >= 0.6 is 11.6 Å². The van der Waals surface area contributed by atoms with E-state index in [9.17, 15) is 0 Å². The first-order valence-electron chi connectivity index (χ1n) is 6.05. The molecule has 0 bridgehead atoms. The summed E-state index contributed by atoms with van der Waals surface area (Å²) >= 11 is 6.35. The number of rotatable bonds is 2. The van der Waals surface area contributed by atoms with Crippen LogP contribution in [-0.2, 0) is 5.54 Å². The summed E-state index contributed by atoms with van der Waals surface area (Å²) in [6, 6.07) is 14.1. The highest BCUT2D eigenvalue weighted by molar-refractivity contribution is 6.33. The summed E-state index contributed by atoms with van der Waals surface area (Å²) in [5.74, 6) is 0. The molecule has 2 N–H and O–H groups in total. The summed E-state index contributed by atoms with van der Waals surface area (Å²) in [6.07, 6.45) is 0. The van der Waals surface area contributed by atoms with E-state index in [1.54, 1.807) is 0 Å². The molecule has 0 aliphatic carbocycles. The second-order valence-electron chi connectivity index (χ2n) is 5.20. The van der Waals surface area contributed by atoms with E-state index in [-0.39, 0.29) is 5.54 Å². The monoisotopic (exact) mass is 259 g/mol. The van der Waals surface area contributed by atoms with Gasteiger partial charge in [0.2, 0.25) is 0 Å². The van der Waals surface area contributed by atoms with Gasteiger partial charge in [-0.25, -0.2) is 0 Å². The predicted molar refractivity (Wildman–Crippen MR) is 78.8 cm³/mol. The highest BCUT2D eigenvalue weighted by atomic mass is 35.5. The summed E-state index contributed by atoms with van der Waals surface area (Å²) in [5.41, 5.74) is 10.3. The summed E-state index contributed by atoms with van der Waals surface area (Å²) in [5, 5.41) is 0.770. The van der Waals surface area contributed by atoms with Crippen LogP contribution in [-0.4, -0.2) is 0 Å². The quantitative estimate of drug-likeness (QED) is 0.844. The molecule has 2 heteroatoms. The molecule has 2 rings (SSSR count). The molecule has 2 aromatic rings. The molecule has 94 valence electrons. The van der Waals surface area contributed by atoms with Crippen molar-refractivity contribution in [1.29, 1.82) is 0 Å². The minimum atomic E-state index is -0.387. The summed E-state index contributed by atoms with van der Waals surface area (Å²) in [4.78, 5) is 0. The third kappa shape index (κ3) is 2.43. The van der Waals surface area contributed by atoms with Gasteiger partial charge in [-0.3, -0.25) is 0 Å². The highest BCUT2D eigenvalue weighted by Gasteiger charge is 2.20. The van der Waals surface area contributed by atoms with Gasteiger partial charge in [-0.05, 0) is 43.5 Å². The first kappa shape index (κ1) is 13.1. The smallest absolute Gasteiger partial charge is 0.0487 e. The Morgan fingerprint density at radius 1 is 1.00 bits per heavy atom. The third-order valence-corrected chi connectivity index (χ3v) is 3.43. The van der Waals surface area contributed by atoms with E-state index in [2.05, 4.69) is 25.1 Å². The van der Waals surface area contributed by atoms with Gasteiger partial charge >= 0.3 is 0 Å². The van der Waals surface area contributed by atoms with Gasteiger partial charge in [0.25, 0.3) is 0 Å². The molecule has 1 nitrogen and oxygen atoms in total. The highest BCUT2D eigenvalue weighted by Crippen LogP contribution is 2.36. The summed E-state index contributed by atoms with van der Waals surface area (Å²) in [6.45, 7) is 6.09. The average Bonchev–Trinajstić information content (AvgIpc) is 2.28. The first-order chi connectivity index (χ1) is 8.41. The minimum absolute atomic E-state index is 0.387. The normalized spacial score (nSPS) is 11.6. The van der Waals surface area contributed by atoms with Crippen LogP contribution in [0.4, 0.5) is 0 Å². The molecule has 2 aromatic carbocycles. The molecular weight excluding hydrogens is 242 g/mol. The molecular formula is C16H18ClN. The lowest BCUT2D eigenvalue weighted by molar-refractivity contribution is 0.556. The molecule has 0 spiro atoms. The van der Waals surface area contributed by atoms with Gasteiger partial charge in [-0.15, -0.1) is 0 Å². The SMILES string of the molecule is Cc1cccc(Cl)c1-c1ccccc1C(C)(C)N. The minimum Gasteiger partial charge on any atom is -0.322 e. The van der Waals surface area contributed by atoms with Crippen molar-refractivity contribution in [2.75, 3.05) is 0 Å². The van der Waals surface area contributed by atoms with E-state index in [0.717, 1.165) is 21.7 Å². The van der Waals surface area contributed by atoms with Gasteiger partial charge in [0.05, 0.1) is 0 Å². The lowest BCUT2D eigenvalue weighted by Crippen LogP contribution is -2.29. The van der Waals surface area contributed by atoms with Gasteiger partial charge < -0.3 is 5.73 Å². The van der Waals surface area contributed by atoms with Gasteiger partial charge in [0.1, 0.15) is 0 Å². The number of aryl methyl sites for hydroxylation is 1. The molecule has 0 heterocycles. The maximum Gasteiger partial charge on any atom is 0.0487 e. The Kier molecular flexibility index (Phi) is 3.47. The number of nitrogens with two attached hydrogens (primary N) is 1. The van der Waals surface area contributed by atoms with Crippen LogP contribution in [0, 0.1) is 6.92 Å². The Hall–Kier alpha value is -1.31. The molecule has 0 aromatic heterocycles. The fourth-order valence-corrected chi connectivity index (χ4v) is 2.56. The Morgan fingerprint density at radius 3 is 2.28 bits per heavy atom. The van der Waals surface area contributed by atoms with Crippen LogP contribution in [0.15, 0.2) is 42.5 Å². The van der Waals surface area contributed by atoms with Crippen molar-refractivity contribution < 1.29 is 0 Å². The van der Waals surface area contributed by atoms with Gasteiger partial charge in [0, 0.05) is 16.1 Å². The second kappa shape index (κ2) is 4.75. The second-order valence-corrected chi connectivity index (χ2v) is 5.61. The Balaban J connectivity index is 2.73. The molecule has 0 atom stereocenters. The van der Waals surface area contributed by atoms with E-state index >= 15 is 0 Å². The molecule has 0 fully saturated rings. The zero-order valence-electron chi connectivity index (χ0n) is 11.0. The number of benzene rings is 2. The maximum atomic E-state index is 6.35. The van der Waals surface area contributed by atoms with Crippen molar-refractivity contribution in [1.82, 2.24) is 0 Å². The zero-order chi connectivity index (χ0) is 13.3. The topological polar surface area (TPSA) is 26.0 Å². The van der Waals surface area contributed by atoms with Crippen molar-refractivity contribution in [3.8, 4) is 11.1 Å². The van der Waals surface area contributed by atoms with Crippen molar-refractivity contribution in [2.45, 2.75) is 26.3 Å². The average molecular weight is 260 g/mol. The van der Waals surface area contributed by atoms with E-state index in [0.29, 0.717) is 0 Å². The van der Waals surface area contributed by atoms with Gasteiger partial charge in [-0.1, -0.05) is 48.0 Å². The Morgan fingerprint density at radius 2 is 1.67 bits per heavy atom. The number of hydrogen-bond donors (Lipinski definition) is 1. The van der Waals surface area contributed by atoms with E-state index < -0.39 is 0 Å². The molecule has 0 aliphatic heterocycles. The lowest BCUT2D eigenvalue weighted by atomic mass is 9.86. The summed E-state index contributed by atoms with van der Waals surface area (Å²) < 4.78 is 0. The van der Waals surface area contributed by atoms with Gasteiger partial charge in [0.15, 0.2) is 0 Å². The van der Waals surface area contributed by atoms with Crippen LogP contribution in [0.5, 0.6) is 0 Å². The van der Waals surface area contributed by atoms with Crippen LogP contribution in [0.2, 0.25) is 5.02 Å². The van der Waals surface area contributed by atoms with Crippen molar-refractivity contribution in [3.63, 3.8) is 0 Å². The Labute approximate surface area is 114 Å². The Bertz CT molecular complexity index is 547. The lowest BCUT2D eigenvalue weighted by Gasteiger charge is -2.24. The van der Waals surface area contributed by atoms with Gasteiger partial charge in [-0.2, -0.15) is 0 Å². The standard InChI is InChI=1S/C16H18ClN/c1-11-7-6-10-14(17)15(11)12-8-4-5-9-13(12)16(2,3)18/h4-10H,18H2,1-3H3. The van der Waals surface area contributed by atoms with E-state index in [1.165, 1.54) is 5.56 Å². The molecule has 0 saturated heterocycles. The third-order valence-electron chi connectivity index (χ3n) is 3.11. The number of halogens is 1. The fraction of sp³-hybridized carbons (Fsp3) is 0.250. The van der Waals surface area contributed by atoms with Crippen molar-refractivity contribution >= 4 is 11.6 Å². The van der Waals surface area contributed by atoms with Crippen LogP contribution < -0.4 is 5.73 Å². The fourth-order valence-electron chi connectivity index (χ4n) is 2.24. The molecule has 18 heavy (non-hydrogen) atoms. The van der Waals surface area contributed by atoms with Crippen LogP contribution in [0.3, 0.4) is 0 Å². The molecule has 0 unspecified atom stereocenters. The van der Waals surface area contributed by atoms with E-state index in [4.69, 9.17) is 17.3 Å². The molecule has 0 amide bonds. The first-order valence-corrected chi connectivity index (χ1v) is 6.43. The van der Waals surface area contributed by atoms with Crippen molar-refractivity contribution in [3.05, 3.63) is 58.6 Å². The van der Waals surface area contributed by atoms with E-state index in [1.807, 2.05) is 38.1 Å². The van der Waals surface area contributed by atoms with Crippen LogP contribution in [0.25, 0.3) is 11.1 Å². The van der Waals surface area contributed by atoms with Crippen LogP contribution in [0.1, 0.15) is 25.0 Å². The molecule has 0 aliphatic rings. The number of hydrogen-bond acceptors (Lipinski definition) is 1. The molecule has 0 radical (unpaired) electrons. The van der Waals surface area contributed by atoms with Crippen molar-refractivity contribution in [2.24, 2.45) is 5.73 Å². The zero-order valence-corrected chi connectivity index (χ0v) is 11.8. The maximum absolute atomic E-state index is 6.35.